The standard InChI is InChI=1S/C29H34O15/c1-11-20(31)23(34)25(36)28(41-11)40-10-18-21(32)24(35)26(37)29(44-18)43-17-9-16-19(22(33)27(17)39-3)14(30)8-15(42-16)12-4-6-13(38-2)7-5-12/h4-9,11,18,20-21,23-26,28-29,31-37H,10H2,1-3H3/t11-,18+,20-,21-,23+,24+,25+,26+,28-,29-/m0/s1. The first-order chi connectivity index (χ1) is 20.9. The molecule has 2 aliphatic rings. The van der Waals surface area contributed by atoms with E-state index in [2.05, 4.69) is 0 Å². The minimum atomic E-state index is -1.81. The van der Waals surface area contributed by atoms with E-state index >= 15 is 0 Å². The molecule has 0 unspecified atom stereocenters. The summed E-state index contributed by atoms with van der Waals surface area (Å²) in [5, 5.41) is 72.6. The number of ether oxygens (including phenoxy) is 6. The number of fused-ring (bicyclic) bond motifs is 1. The zero-order valence-electron chi connectivity index (χ0n) is 23.8. The van der Waals surface area contributed by atoms with E-state index in [0.717, 1.165) is 0 Å². The summed E-state index contributed by atoms with van der Waals surface area (Å²) in [5.74, 6) is -0.391. The highest BCUT2D eigenvalue weighted by Gasteiger charge is 2.47. The molecule has 7 N–H and O–H groups in total. The molecule has 0 amide bonds. The third-order valence-electron chi connectivity index (χ3n) is 7.64. The first-order valence-corrected chi connectivity index (χ1v) is 13.6. The van der Waals surface area contributed by atoms with Gasteiger partial charge in [0, 0.05) is 17.7 Å². The lowest BCUT2D eigenvalue weighted by Gasteiger charge is -2.42. The molecule has 44 heavy (non-hydrogen) atoms. The van der Waals surface area contributed by atoms with Crippen molar-refractivity contribution in [3.8, 4) is 34.3 Å². The van der Waals surface area contributed by atoms with Crippen LogP contribution in [0, 0.1) is 0 Å². The summed E-state index contributed by atoms with van der Waals surface area (Å²) in [6.07, 6.45) is -15.2. The van der Waals surface area contributed by atoms with Gasteiger partial charge in [-0.15, -0.1) is 0 Å². The van der Waals surface area contributed by atoms with E-state index in [1.807, 2.05) is 0 Å². The van der Waals surface area contributed by atoms with Crippen LogP contribution >= 0.6 is 0 Å². The summed E-state index contributed by atoms with van der Waals surface area (Å²) in [5.41, 5.74) is -0.138. The van der Waals surface area contributed by atoms with Crippen LogP contribution in [0.5, 0.6) is 23.0 Å². The molecule has 15 nitrogen and oxygen atoms in total. The molecule has 3 heterocycles. The van der Waals surface area contributed by atoms with Crippen LogP contribution in [0.25, 0.3) is 22.3 Å². The Morgan fingerprint density at radius 1 is 0.795 bits per heavy atom. The molecule has 240 valence electrons. The lowest BCUT2D eigenvalue weighted by Crippen LogP contribution is -2.61. The summed E-state index contributed by atoms with van der Waals surface area (Å²) < 4.78 is 38.7. The third kappa shape index (κ3) is 5.93. The Hall–Kier alpha value is -3.51. The molecule has 3 aromatic rings. The molecule has 0 radical (unpaired) electrons. The SMILES string of the molecule is COc1ccc(-c2cc(=O)c3c(O)c(OC)c(O[C@H]4O[C@H](CO[C@H]5O[C@@H](C)[C@H](O)[C@@H](O)[C@H]5O)[C@H](O)[C@@H](O)[C@H]4O)cc3o2)cc1. The van der Waals surface area contributed by atoms with Crippen LogP contribution in [0.4, 0.5) is 0 Å². The Labute approximate surface area is 249 Å². The number of aliphatic hydroxyl groups excluding tert-OH is 6. The maximum absolute atomic E-state index is 13.0. The fourth-order valence-corrected chi connectivity index (χ4v) is 5.06. The van der Waals surface area contributed by atoms with Crippen LogP contribution < -0.4 is 19.6 Å². The van der Waals surface area contributed by atoms with Gasteiger partial charge in [-0.1, -0.05) is 0 Å². The third-order valence-corrected chi connectivity index (χ3v) is 7.64. The second kappa shape index (κ2) is 12.8. The number of methoxy groups -OCH3 is 2. The average Bonchev–Trinajstić information content (AvgIpc) is 3.01. The molecule has 1 aromatic heterocycles. The molecule has 2 saturated heterocycles. The maximum atomic E-state index is 13.0. The van der Waals surface area contributed by atoms with Gasteiger partial charge in [-0.05, 0) is 31.2 Å². The van der Waals surface area contributed by atoms with Gasteiger partial charge < -0.3 is 68.6 Å². The largest absolute Gasteiger partial charge is 0.504 e. The lowest BCUT2D eigenvalue weighted by atomic mass is 9.98. The van der Waals surface area contributed by atoms with E-state index in [1.165, 1.54) is 33.3 Å². The highest BCUT2D eigenvalue weighted by Crippen LogP contribution is 2.43. The molecule has 2 aliphatic heterocycles. The minimum Gasteiger partial charge on any atom is -0.504 e. The number of hydrogen-bond acceptors (Lipinski definition) is 15. The Kier molecular flexibility index (Phi) is 9.31. The Balaban J connectivity index is 1.41. The van der Waals surface area contributed by atoms with Crippen LogP contribution in [-0.4, -0.2) is 118 Å². The lowest BCUT2D eigenvalue weighted by molar-refractivity contribution is -0.318. The van der Waals surface area contributed by atoms with E-state index in [9.17, 15) is 40.5 Å². The summed E-state index contributed by atoms with van der Waals surface area (Å²) >= 11 is 0. The molecular formula is C29H34O15. The van der Waals surface area contributed by atoms with E-state index in [-0.39, 0.29) is 28.2 Å². The number of rotatable bonds is 8. The van der Waals surface area contributed by atoms with E-state index in [0.29, 0.717) is 11.3 Å². The zero-order chi connectivity index (χ0) is 31.9. The van der Waals surface area contributed by atoms with Crippen LogP contribution in [0.15, 0.2) is 45.6 Å². The second-order valence-electron chi connectivity index (χ2n) is 10.5. The first kappa shape index (κ1) is 31.9. The fourth-order valence-electron chi connectivity index (χ4n) is 5.06. The quantitative estimate of drug-likeness (QED) is 0.163. The summed E-state index contributed by atoms with van der Waals surface area (Å²) in [7, 11) is 2.72. The van der Waals surface area contributed by atoms with Crippen molar-refractivity contribution in [2.45, 2.75) is 68.3 Å². The van der Waals surface area contributed by atoms with Gasteiger partial charge in [-0.2, -0.15) is 0 Å². The predicted molar refractivity (Wildman–Crippen MR) is 148 cm³/mol. The molecule has 0 saturated carbocycles. The number of phenols is 1. The van der Waals surface area contributed by atoms with Gasteiger partial charge in [0.25, 0.3) is 0 Å². The first-order valence-electron chi connectivity index (χ1n) is 13.6. The van der Waals surface area contributed by atoms with Crippen LogP contribution in [0.3, 0.4) is 0 Å². The Morgan fingerprint density at radius 2 is 1.45 bits per heavy atom. The van der Waals surface area contributed by atoms with Crippen molar-refractivity contribution in [2.24, 2.45) is 0 Å². The van der Waals surface area contributed by atoms with Crippen molar-refractivity contribution in [2.75, 3.05) is 20.8 Å². The number of phenolic OH excluding ortho intramolecular Hbond substituents is 1. The van der Waals surface area contributed by atoms with Crippen molar-refractivity contribution in [3.05, 3.63) is 46.6 Å². The molecule has 15 heteroatoms. The monoisotopic (exact) mass is 622 g/mol. The minimum absolute atomic E-state index is 0.0966. The molecule has 10 atom stereocenters. The van der Waals surface area contributed by atoms with Crippen molar-refractivity contribution < 1.29 is 68.6 Å². The fraction of sp³-hybridized carbons (Fsp3) is 0.483. The molecule has 2 fully saturated rings. The highest BCUT2D eigenvalue weighted by molar-refractivity contribution is 5.89. The average molecular weight is 623 g/mol. The summed E-state index contributed by atoms with van der Waals surface area (Å²) in [4.78, 5) is 13.0. The van der Waals surface area contributed by atoms with E-state index < -0.39 is 79.2 Å². The van der Waals surface area contributed by atoms with Crippen LogP contribution in [-0.2, 0) is 14.2 Å². The number of aromatic hydroxyl groups is 1. The normalized spacial score (nSPS) is 32.4. The maximum Gasteiger partial charge on any atom is 0.229 e. The molecule has 2 aromatic carbocycles. The topological polar surface area (TPSA) is 227 Å². The molecule has 5 rings (SSSR count). The van der Waals surface area contributed by atoms with Gasteiger partial charge >= 0.3 is 0 Å². The smallest absolute Gasteiger partial charge is 0.229 e. The number of benzene rings is 2. The Morgan fingerprint density at radius 3 is 2.11 bits per heavy atom. The molecular weight excluding hydrogens is 588 g/mol. The zero-order valence-corrected chi connectivity index (χ0v) is 23.8. The van der Waals surface area contributed by atoms with Gasteiger partial charge in [0.05, 0.1) is 26.9 Å². The van der Waals surface area contributed by atoms with Gasteiger partial charge in [-0.25, -0.2) is 0 Å². The number of aliphatic hydroxyl groups is 6. The van der Waals surface area contributed by atoms with E-state index in [1.54, 1.807) is 24.3 Å². The van der Waals surface area contributed by atoms with Crippen molar-refractivity contribution in [3.63, 3.8) is 0 Å². The van der Waals surface area contributed by atoms with Crippen molar-refractivity contribution in [1.82, 2.24) is 0 Å². The van der Waals surface area contributed by atoms with Crippen molar-refractivity contribution in [1.29, 1.82) is 0 Å². The highest BCUT2D eigenvalue weighted by atomic mass is 16.7. The molecule has 0 aliphatic carbocycles. The van der Waals surface area contributed by atoms with Gasteiger partial charge in [-0.3, -0.25) is 4.79 Å². The predicted octanol–water partition coefficient (Wildman–Crippen LogP) is -0.787. The van der Waals surface area contributed by atoms with Crippen molar-refractivity contribution >= 4 is 11.0 Å². The van der Waals surface area contributed by atoms with E-state index in [4.69, 9.17) is 32.8 Å². The van der Waals surface area contributed by atoms with Crippen LogP contribution in [0.2, 0.25) is 0 Å². The van der Waals surface area contributed by atoms with Gasteiger partial charge in [0.2, 0.25) is 12.0 Å². The van der Waals surface area contributed by atoms with Gasteiger partial charge in [0.15, 0.2) is 23.2 Å². The summed E-state index contributed by atoms with van der Waals surface area (Å²) in [6.45, 7) is 0.947. The molecule has 0 spiro atoms. The number of hydrogen-bond donors (Lipinski definition) is 7. The Bertz CT molecular complexity index is 1510. The van der Waals surface area contributed by atoms with Gasteiger partial charge in [0.1, 0.15) is 65.2 Å². The summed E-state index contributed by atoms with van der Waals surface area (Å²) in [6, 6.07) is 9.13. The second-order valence-corrected chi connectivity index (χ2v) is 10.5. The molecule has 0 bridgehead atoms. The van der Waals surface area contributed by atoms with Crippen LogP contribution in [0.1, 0.15) is 6.92 Å².